The molecule has 1 amide bonds. The normalized spacial score (nSPS) is 10.8. The lowest BCUT2D eigenvalue weighted by molar-refractivity contribution is 0.0368. The Balaban J connectivity index is 2.86. The van der Waals surface area contributed by atoms with Gasteiger partial charge in [-0.1, -0.05) is 6.07 Å². The van der Waals surface area contributed by atoms with Crippen LogP contribution in [0.1, 0.15) is 29.8 Å². The monoisotopic (exact) mass is 232 g/mol. The van der Waals surface area contributed by atoms with E-state index < -0.39 is 5.60 Å². The molecule has 1 aromatic rings. The molecule has 0 saturated carbocycles. The van der Waals surface area contributed by atoms with Gasteiger partial charge in [0.1, 0.15) is 0 Å². The minimum Gasteiger partial charge on any atom is -0.389 e. The van der Waals surface area contributed by atoms with Crippen molar-refractivity contribution in [2.24, 2.45) is 0 Å². The molecule has 0 aliphatic carbocycles. The van der Waals surface area contributed by atoms with Gasteiger partial charge in [0.2, 0.25) is 0 Å². The molecule has 0 unspecified atom stereocenters. The molecule has 0 spiro atoms. The topological polar surface area (TPSA) is 64.3 Å². The molecule has 0 atom stereocenters. The van der Waals surface area contributed by atoms with Crippen LogP contribution in [0.3, 0.4) is 0 Å². The number of carbonyl (C=O) groups is 1. The maximum Gasteiger partial charge on any atom is 0.253 e. The zero-order valence-electron chi connectivity index (χ0n) is 10.3. The van der Waals surface area contributed by atoms with Crippen molar-refractivity contribution in [3.8, 4) is 6.07 Å². The van der Waals surface area contributed by atoms with E-state index in [4.69, 9.17) is 5.26 Å². The van der Waals surface area contributed by atoms with E-state index in [1.165, 1.54) is 4.90 Å². The number of likely N-dealkylation sites (N-methyl/N-ethyl adjacent to an activating group) is 1. The summed E-state index contributed by atoms with van der Waals surface area (Å²) < 4.78 is 0. The first kappa shape index (κ1) is 13.2. The smallest absolute Gasteiger partial charge is 0.253 e. The number of nitrogens with zero attached hydrogens (tertiary/aromatic N) is 2. The highest BCUT2D eigenvalue weighted by Gasteiger charge is 2.20. The third-order valence-electron chi connectivity index (χ3n) is 2.21. The fraction of sp³-hybridized carbons (Fsp3) is 0.385. The first-order valence-electron chi connectivity index (χ1n) is 5.31. The van der Waals surface area contributed by atoms with Crippen molar-refractivity contribution in [1.29, 1.82) is 5.26 Å². The van der Waals surface area contributed by atoms with Gasteiger partial charge in [-0.05, 0) is 32.0 Å². The third-order valence-corrected chi connectivity index (χ3v) is 2.21. The molecular formula is C13H16N2O2. The lowest BCUT2D eigenvalue weighted by Crippen LogP contribution is -2.39. The number of benzene rings is 1. The molecule has 4 nitrogen and oxygen atoms in total. The van der Waals surface area contributed by atoms with Crippen LogP contribution in [-0.2, 0) is 0 Å². The fourth-order valence-electron chi connectivity index (χ4n) is 1.59. The molecule has 4 heteroatoms. The van der Waals surface area contributed by atoms with E-state index in [9.17, 15) is 9.90 Å². The minimum atomic E-state index is -0.933. The summed E-state index contributed by atoms with van der Waals surface area (Å²) in [5.41, 5.74) is -0.0274. The van der Waals surface area contributed by atoms with Gasteiger partial charge in [0.25, 0.3) is 5.91 Å². The fourth-order valence-corrected chi connectivity index (χ4v) is 1.59. The van der Waals surface area contributed by atoms with E-state index in [-0.39, 0.29) is 12.5 Å². The van der Waals surface area contributed by atoms with Gasteiger partial charge in [-0.15, -0.1) is 0 Å². The number of hydrogen-bond donors (Lipinski definition) is 1. The molecule has 1 N–H and O–H groups in total. The molecule has 0 heterocycles. The van der Waals surface area contributed by atoms with Gasteiger partial charge in [0.05, 0.1) is 17.2 Å². The zero-order chi connectivity index (χ0) is 13.1. The molecule has 1 aromatic carbocycles. The molecule has 1 rings (SSSR count). The highest BCUT2D eigenvalue weighted by molar-refractivity contribution is 5.94. The molecule has 0 saturated heterocycles. The Hall–Kier alpha value is -1.86. The lowest BCUT2D eigenvalue weighted by atomic mass is 10.1. The van der Waals surface area contributed by atoms with Crippen LogP contribution in [0.2, 0.25) is 0 Å². The van der Waals surface area contributed by atoms with E-state index in [1.54, 1.807) is 45.2 Å². The second kappa shape index (κ2) is 4.98. The molecule has 0 fully saturated rings. The highest BCUT2D eigenvalue weighted by atomic mass is 16.3. The largest absolute Gasteiger partial charge is 0.389 e. The van der Waals surface area contributed by atoms with Crippen molar-refractivity contribution in [2.45, 2.75) is 19.4 Å². The van der Waals surface area contributed by atoms with Crippen LogP contribution in [0.15, 0.2) is 24.3 Å². The van der Waals surface area contributed by atoms with E-state index in [1.807, 2.05) is 6.07 Å². The number of hydrogen-bond acceptors (Lipinski definition) is 3. The van der Waals surface area contributed by atoms with Gasteiger partial charge in [-0.3, -0.25) is 4.79 Å². The van der Waals surface area contributed by atoms with Gasteiger partial charge in [-0.25, -0.2) is 0 Å². The van der Waals surface area contributed by atoms with Crippen LogP contribution < -0.4 is 0 Å². The first-order valence-corrected chi connectivity index (χ1v) is 5.31. The lowest BCUT2D eigenvalue weighted by Gasteiger charge is -2.25. The van der Waals surface area contributed by atoms with Crippen molar-refractivity contribution >= 4 is 5.91 Å². The van der Waals surface area contributed by atoms with Crippen LogP contribution in [0.25, 0.3) is 0 Å². The Bertz CT molecular complexity index is 455. The summed E-state index contributed by atoms with van der Waals surface area (Å²) in [5.74, 6) is -0.204. The molecule has 90 valence electrons. The highest BCUT2D eigenvalue weighted by Crippen LogP contribution is 2.10. The molecule has 0 radical (unpaired) electrons. The van der Waals surface area contributed by atoms with Crippen molar-refractivity contribution in [2.75, 3.05) is 13.6 Å². The van der Waals surface area contributed by atoms with Crippen molar-refractivity contribution in [1.82, 2.24) is 4.90 Å². The molecule has 0 aromatic heterocycles. The maximum atomic E-state index is 12.0. The van der Waals surface area contributed by atoms with Gasteiger partial charge in [0, 0.05) is 19.2 Å². The van der Waals surface area contributed by atoms with Gasteiger partial charge < -0.3 is 10.0 Å². The number of aliphatic hydroxyl groups is 1. The van der Waals surface area contributed by atoms with Gasteiger partial charge >= 0.3 is 0 Å². The zero-order valence-corrected chi connectivity index (χ0v) is 10.3. The summed E-state index contributed by atoms with van der Waals surface area (Å²) in [6, 6.07) is 8.51. The Labute approximate surface area is 101 Å². The Morgan fingerprint density at radius 1 is 1.53 bits per heavy atom. The summed E-state index contributed by atoms with van der Waals surface area (Å²) in [4.78, 5) is 13.4. The third kappa shape index (κ3) is 3.89. The van der Waals surface area contributed by atoms with E-state index in [0.29, 0.717) is 11.1 Å². The summed E-state index contributed by atoms with van der Waals surface area (Å²) in [6.45, 7) is 3.52. The summed E-state index contributed by atoms with van der Waals surface area (Å²) in [5, 5.41) is 18.4. The summed E-state index contributed by atoms with van der Waals surface area (Å²) in [6.07, 6.45) is 0. The minimum absolute atomic E-state index is 0.204. The predicted molar refractivity (Wildman–Crippen MR) is 64.4 cm³/mol. The number of carbonyl (C=O) groups excluding carboxylic acids is 1. The molecule has 0 aliphatic heterocycles. The Kier molecular flexibility index (Phi) is 3.87. The van der Waals surface area contributed by atoms with Crippen molar-refractivity contribution in [3.63, 3.8) is 0 Å². The van der Waals surface area contributed by atoms with Gasteiger partial charge in [0.15, 0.2) is 0 Å². The van der Waals surface area contributed by atoms with Crippen molar-refractivity contribution < 1.29 is 9.90 Å². The van der Waals surface area contributed by atoms with Crippen LogP contribution in [0.4, 0.5) is 0 Å². The molecule has 17 heavy (non-hydrogen) atoms. The molecule has 0 bridgehead atoms. The summed E-state index contributed by atoms with van der Waals surface area (Å²) in [7, 11) is 1.62. The average molecular weight is 232 g/mol. The first-order chi connectivity index (χ1) is 7.83. The van der Waals surface area contributed by atoms with Gasteiger partial charge in [-0.2, -0.15) is 5.26 Å². The predicted octanol–water partition coefficient (Wildman–Crippen LogP) is 1.40. The standard InChI is InChI=1S/C13H16N2O2/c1-13(2,17)9-15(3)12(16)11-6-4-5-10(7-11)8-14/h4-7,17H,9H2,1-3H3. The van der Waals surface area contributed by atoms with Crippen LogP contribution in [0, 0.1) is 11.3 Å². The Morgan fingerprint density at radius 3 is 2.71 bits per heavy atom. The van der Waals surface area contributed by atoms with Crippen LogP contribution in [0.5, 0.6) is 0 Å². The van der Waals surface area contributed by atoms with E-state index in [0.717, 1.165) is 0 Å². The summed E-state index contributed by atoms with van der Waals surface area (Å²) >= 11 is 0. The number of amides is 1. The van der Waals surface area contributed by atoms with Crippen LogP contribution in [-0.4, -0.2) is 35.1 Å². The second-order valence-corrected chi connectivity index (χ2v) is 4.67. The van der Waals surface area contributed by atoms with Crippen molar-refractivity contribution in [3.05, 3.63) is 35.4 Å². The average Bonchev–Trinajstić information content (AvgIpc) is 2.26. The molecule has 0 aliphatic rings. The van der Waals surface area contributed by atoms with E-state index in [2.05, 4.69) is 0 Å². The number of rotatable bonds is 3. The quantitative estimate of drug-likeness (QED) is 0.856. The Morgan fingerprint density at radius 2 is 2.18 bits per heavy atom. The van der Waals surface area contributed by atoms with Crippen LogP contribution >= 0.6 is 0 Å². The SMILES string of the molecule is CN(CC(C)(C)O)C(=O)c1cccc(C#N)c1. The number of nitriles is 1. The second-order valence-electron chi connectivity index (χ2n) is 4.67. The maximum absolute atomic E-state index is 12.0. The van der Waals surface area contributed by atoms with E-state index >= 15 is 0 Å². The molecular weight excluding hydrogens is 216 g/mol.